The van der Waals surface area contributed by atoms with E-state index in [1.807, 2.05) is 31.2 Å². The maximum absolute atomic E-state index is 11.7. The van der Waals surface area contributed by atoms with Crippen LogP contribution in [0, 0.1) is 6.92 Å². The summed E-state index contributed by atoms with van der Waals surface area (Å²) in [5.41, 5.74) is 1.07. The minimum atomic E-state index is -1.07. The van der Waals surface area contributed by atoms with Gasteiger partial charge in [-0.15, -0.1) is 0 Å². The van der Waals surface area contributed by atoms with Crippen molar-refractivity contribution in [2.45, 2.75) is 25.8 Å². The van der Waals surface area contributed by atoms with Crippen molar-refractivity contribution in [3.8, 4) is 5.75 Å². The Labute approximate surface area is 124 Å². The smallest absolute Gasteiger partial charge is 0.326 e. The molecule has 0 aromatic heterocycles. The first-order valence-electron chi connectivity index (χ1n) is 6.73. The Morgan fingerprint density at radius 3 is 2.71 bits per heavy atom. The van der Waals surface area contributed by atoms with E-state index in [1.54, 1.807) is 0 Å². The second kappa shape index (κ2) is 8.97. The molecule has 0 fully saturated rings. The van der Waals surface area contributed by atoms with E-state index in [1.165, 1.54) is 7.11 Å². The van der Waals surface area contributed by atoms with Gasteiger partial charge in [-0.25, -0.2) is 4.79 Å². The molecule has 0 spiro atoms. The SMILES string of the molecule is COCCC(NC(=O)CCOc1cccc(C)c1)C(=O)O. The number of hydrogen-bond acceptors (Lipinski definition) is 4. The molecule has 1 unspecified atom stereocenters. The van der Waals surface area contributed by atoms with Crippen LogP contribution in [-0.4, -0.2) is 43.3 Å². The fourth-order valence-electron chi connectivity index (χ4n) is 1.73. The Morgan fingerprint density at radius 2 is 2.10 bits per heavy atom. The van der Waals surface area contributed by atoms with Crippen LogP contribution in [0.5, 0.6) is 5.75 Å². The van der Waals surface area contributed by atoms with E-state index in [4.69, 9.17) is 14.6 Å². The number of methoxy groups -OCH3 is 1. The van der Waals surface area contributed by atoms with Crippen molar-refractivity contribution in [2.75, 3.05) is 20.3 Å². The molecule has 0 aliphatic rings. The largest absolute Gasteiger partial charge is 0.493 e. The lowest BCUT2D eigenvalue weighted by atomic mass is 10.2. The van der Waals surface area contributed by atoms with Gasteiger partial charge in [-0.1, -0.05) is 12.1 Å². The number of carboxylic acid groups (broad SMARTS) is 1. The van der Waals surface area contributed by atoms with Crippen LogP contribution in [0.3, 0.4) is 0 Å². The highest BCUT2D eigenvalue weighted by Crippen LogP contribution is 2.12. The van der Waals surface area contributed by atoms with Gasteiger partial charge in [0.25, 0.3) is 0 Å². The fourth-order valence-corrected chi connectivity index (χ4v) is 1.73. The molecule has 0 bridgehead atoms. The molecule has 0 radical (unpaired) electrons. The lowest BCUT2D eigenvalue weighted by Crippen LogP contribution is -2.41. The first-order chi connectivity index (χ1) is 10.0. The molecule has 1 atom stereocenters. The van der Waals surface area contributed by atoms with Crippen LogP contribution in [0.4, 0.5) is 0 Å². The molecule has 1 amide bonds. The number of hydrogen-bond donors (Lipinski definition) is 2. The topological polar surface area (TPSA) is 84.9 Å². The molecule has 0 saturated carbocycles. The van der Waals surface area contributed by atoms with Crippen molar-refractivity contribution in [2.24, 2.45) is 0 Å². The van der Waals surface area contributed by atoms with E-state index < -0.39 is 12.0 Å². The van der Waals surface area contributed by atoms with Crippen LogP contribution in [0.2, 0.25) is 0 Å². The van der Waals surface area contributed by atoms with E-state index in [0.29, 0.717) is 5.75 Å². The molecule has 21 heavy (non-hydrogen) atoms. The molecule has 0 saturated heterocycles. The Hall–Kier alpha value is -2.08. The van der Waals surface area contributed by atoms with Crippen LogP contribution < -0.4 is 10.1 Å². The van der Waals surface area contributed by atoms with Crippen LogP contribution in [0.1, 0.15) is 18.4 Å². The van der Waals surface area contributed by atoms with Crippen LogP contribution >= 0.6 is 0 Å². The van der Waals surface area contributed by atoms with Gasteiger partial charge in [-0.2, -0.15) is 0 Å². The molecular formula is C15H21NO5. The standard InChI is InChI=1S/C15H21NO5/c1-11-4-3-5-12(10-11)21-9-7-14(17)16-13(15(18)19)6-8-20-2/h3-5,10,13H,6-9H2,1-2H3,(H,16,17)(H,18,19). The highest BCUT2D eigenvalue weighted by Gasteiger charge is 2.19. The number of aryl methyl sites for hydroxylation is 1. The average Bonchev–Trinajstić information content (AvgIpc) is 2.43. The predicted octanol–water partition coefficient (Wildman–Crippen LogP) is 1.37. The van der Waals surface area contributed by atoms with Gasteiger partial charge in [-0.05, 0) is 24.6 Å². The van der Waals surface area contributed by atoms with Crippen molar-refractivity contribution >= 4 is 11.9 Å². The van der Waals surface area contributed by atoms with E-state index in [0.717, 1.165) is 5.56 Å². The predicted molar refractivity (Wildman–Crippen MR) is 77.4 cm³/mol. The van der Waals surface area contributed by atoms with E-state index >= 15 is 0 Å². The summed E-state index contributed by atoms with van der Waals surface area (Å²) in [6.07, 6.45) is 0.334. The molecule has 2 N–H and O–H groups in total. The summed E-state index contributed by atoms with van der Waals surface area (Å²) in [5, 5.41) is 11.4. The van der Waals surface area contributed by atoms with Crippen LogP contribution in [0.25, 0.3) is 0 Å². The van der Waals surface area contributed by atoms with Crippen LogP contribution in [0.15, 0.2) is 24.3 Å². The summed E-state index contributed by atoms with van der Waals surface area (Å²) in [6.45, 7) is 2.43. The first-order valence-corrected chi connectivity index (χ1v) is 6.73. The summed E-state index contributed by atoms with van der Waals surface area (Å²) >= 11 is 0. The minimum absolute atomic E-state index is 0.102. The van der Waals surface area contributed by atoms with Crippen molar-refractivity contribution < 1.29 is 24.2 Å². The second-order valence-electron chi connectivity index (χ2n) is 4.65. The molecule has 0 aliphatic heterocycles. The third kappa shape index (κ3) is 6.76. The maximum atomic E-state index is 11.7. The number of carbonyl (C=O) groups is 2. The fraction of sp³-hybridized carbons (Fsp3) is 0.467. The van der Waals surface area contributed by atoms with E-state index in [2.05, 4.69) is 5.32 Å². The second-order valence-corrected chi connectivity index (χ2v) is 4.65. The summed E-state index contributed by atoms with van der Waals surface area (Å²) < 4.78 is 10.3. The lowest BCUT2D eigenvalue weighted by molar-refractivity contribution is -0.142. The zero-order valence-electron chi connectivity index (χ0n) is 12.3. The van der Waals surface area contributed by atoms with Gasteiger partial charge in [-0.3, -0.25) is 4.79 Å². The first kappa shape index (κ1) is 17.0. The molecule has 1 rings (SSSR count). The molecule has 0 aliphatic carbocycles. The number of carbonyl (C=O) groups excluding carboxylic acids is 1. The highest BCUT2D eigenvalue weighted by molar-refractivity contribution is 5.83. The Morgan fingerprint density at radius 1 is 1.33 bits per heavy atom. The van der Waals surface area contributed by atoms with Gasteiger partial charge in [0.1, 0.15) is 11.8 Å². The zero-order valence-corrected chi connectivity index (χ0v) is 12.3. The third-order valence-corrected chi connectivity index (χ3v) is 2.83. The third-order valence-electron chi connectivity index (χ3n) is 2.83. The highest BCUT2D eigenvalue weighted by atomic mass is 16.5. The number of rotatable bonds is 9. The minimum Gasteiger partial charge on any atom is -0.493 e. The van der Waals surface area contributed by atoms with Crippen molar-refractivity contribution in [3.63, 3.8) is 0 Å². The normalized spacial score (nSPS) is 11.7. The number of ether oxygens (including phenoxy) is 2. The molecule has 1 aromatic rings. The zero-order chi connectivity index (χ0) is 15.7. The summed E-state index contributed by atoms with van der Waals surface area (Å²) in [6, 6.07) is 6.57. The monoisotopic (exact) mass is 295 g/mol. The van der Waals surface area contributed by atoms with E-state index in [-0.39, 0.29) is 32.0 Å². The quantitative estimate of drug-likeness (QED) is 0.718. The molecule has 6 heteroatoms. The van der Waals surface area contributed by atoms with Gasteiger partial charge in [0, 0.05) is 20.1 Å². The lowest BCUT2D eigenvalue weighted by Gasteiger charge is -2.14. The van der Waals surface area contributed by atoms with Gasteiger partial charge in [0.05, 0.1) is 13.0 Å². The van der Waals surface area contributed by atoms with Gasteiger partial charge >= 0.3 is 5.97 Å². The summed E-state index contributed by atoms with van der Waals surface area (Å²) in [7, 11) is 1.48. The average molecular weight is 295 g/mol. The van der Waals surface area contributed by atoms with Gasteiger partial charge < -0.3 is 19.9 Å². The van der Waals surface area contributed by atoms with E-state index in [9.17, 15) is 9.59 Å². The number of benzene rings is 1. The van der Waals surface area contributed by atoms with Gasteiger partial charge in [0.2, 0.25) is 5.91 Å². The van der Waals surface area contributed by atoms with Crippen molar-refractivity contribution in [1.82, 2.24) is 5.32 Å². The Balaban J connectivity index is 2.34. The van der Waals surface area contributed by atoms with Crippen molar-refractivity contribution in [1.29, 1.82) is 0 Å². The van der Waals surface area contributed by atoms with Crippen LogP contribution in [-0.2, 0) is 14.3 Å². The Kier molecular flexibility index (Phi) is 7.25. The summed E-state index contributed by atoms with van der Waals surface area (Å²) in [5.74, 6) is -0.733. The number of nitrogens with one attached hydrogen (secondary N) is 1. The molecule has 6 nitrogen and oxygen atoms in total. The number of aliphatic carboxylic acids is 1. The molecule has 0 heterocycles. The van der Waals surface area contributed by atoms with Crippen molar-refractivity contribution in [3.05, 3.63) is 29.8 Å². The molecule has 116 valence electrons. The number of amides is 1. The number of carboxylic acids is 1. The Bertz CT molecular complexity index is 475. The maximum Gasteiger partial charge on any atom is 0.326 e. The molecule has 1 aromatic carbocycles. The molecular weight excluding hydrogens is 274 g/mol. The van der Waals surface area contributed by atoms with Gasteiger partial charge in [0.15, 0.2) is 0 Å². The summed E-state index contributed by atoms with van der Waals surface area (Å²) in [4.78, 5) is 22.7.